The number of ether oxygens (including phenoxy) is 2. The highest BCUT2D eigenvalue weighted by Gasteiger charge is 2.53. The van der Waals surface area contributed by atoms with Crippen molar-refractivity contribution >= 4 is 29.4 Å². The molecule has 2 aliphatic heterocycles. The van der Waals surface area contributed by atoms with Gasteiger partial charge in [-0.3, -0.25) is 4.79 Å². The summed E-state index contributed by atoms with van der Waals surface area (Å²) in [6.07, 6.45) is 0.0953. The highest BCUT2D eigenvalue weighted by Crippen LogP contribution is 2.47. The van der Waals surface area contributed by atoms with Crippen molar-refractivity contribution in [3.63, 3.8) is 0 Å². The highest BCUT2D eigenvalue weighted by atomic mass is 32.2. The summed E-state index contributed by atoms with van der Waals surface area (Å²) < 4.78 is 26.5. The third-order valence-electron chi connectivity index (χ3n) is 5.09. The van der Waals surface area contributed by atoms with Crippen LogP contribution < -0.4 is 10.1 Å². The van der Waals surface area contributed by atoms with Gasteiger partial charge in [0.2, 0.25) is 6.41 Å². The van der Waals surface area contributed by atoms with Crippen molar-refractivity contribution in [3.05, 3.63) is 29.6 Å². The predicted octanol–water partition coefficient (Wildman–Crippen LogP) is 3.77. The number of carbonyl (C=O) groups excluding carboxylic acids is 2. The normalized spacial score (nSPS) is 23.3. The van der Waals surface area contributed by atoms with Gasteiger partial charge in [0.1, 0.15) is 22.7 Å². The molecule has 1 N–H and O–H groups in total. The van der Waals surface area contributed by atoms with Gasteiger partial charge in [0.05, 0.1) is 13.2 Å². The maximum absolute atomic E-state index is 15.1. The van der Waals surface area contributed by atoms with Gasteiger partial charge in [-0.15, -0.1) is 0 Å². The van der Waals surface area contributed by atoms with Crippen LogP contribution in [0.15, 0.2) is 23.2 Å². The summed E-state index contributed by atoms with van der Waals surface area (Å²) in [6, 6.07) is 4.64. The molecule has 7 nitrogen and oxygen atoms in total. The smallest absolute Gasteiger partial charge is 0.410 e. The number of rotatable bonds is 5. The molecule has 2 amide bonds. The van der Waals surface area contributed by atoms with E-state index in [9.17, 15) is 9.59 Å². The van der Waals surface area contributed by atoms with Crippen LogP contribution in [0.5, 0.6) is 5.75 Å². The van der Waals surface area contributed by atoms with Crippen LogP contribution in [0.1, 0.15) is 40.2 Å². The number of likely N-dealkylation sites (tertiary alicyclic amines) is 1. The van der Waals surface area contributed by atoms with Crippen LogP contribution >= 0.6 is 11.8 Å². The molecule has 170 valence electrons. The van der Waals surface area contributed by atoms with Crippen molar-refractivity contribution in [2.45, 2.75) is 45.8 Å². The third kappa shape index (κ3) is 5.31. The molecule has 1 fully saturated rings. The number of amides is 2. The zero-order valence-electron chi connectivity index (χ0n) is 18.6. The largest absolute Gasteiger partial charge is 0.493 e. The first-order valence-electron chi connectivity index (χ1n) is 10.4. The van der Waals surface area contributed by atoms with Gasteiger partial charge >= 0.3 is 6.09 Å². The Balaban J connectivity index is 2.01. The minimum Gasteiger partial charge on any atom is -0.493 e. The van der Waals surface area contributed by atoms with Crippen molar-refractivity contribution in [2.24, 2.45) is 16.8 Å². The fraction of sp³-hybridized carbons (Fsp3) is 0.591. The molecule has 0 aliphatic carbocycles. The van der Waals surface area contributed by atoms with Crippen LogP contribution in [0.25, 0.3) is 0 Å². The van der Waals surface area contributed by atoms with Crippen molar-refractivity contribution in [3.8, 4) is 5.75 Å². The van der Waals surface area contributed by atoms with Crippen LogP contribution in [0.4, 0.5) is 9.18 Å². The number of nitrogens with zero attached hydrogens (tertiary/aromatic N) is 2. The average molecular weight is 452 g/mol. The third-order valence-corrected chi connectivity index (χ3v) is 6.14. The molecule has 0 aromatic heterocycles. The van der Waals surface area contributed by atoms with E-state index in [1.165, 1.54) is 17.8 Å². The average Bonchev–Trinajstić information content (AvgIpc) is 3.06. The second-order valence-electron chi connectivity index (χ2n) is 9.32. The van der Waals surface area contributed by atoms with Gasteiger partial charge in [0.15, 0.2) is 5.17 Å². The van der Waals surface area contributed by atoms with Gasteiger partial charge in [-0.05, 0) is 44.9 Å². The topological polar surface area (TPSA) is 80.2 Å². The molecule has 2 aliphatic rings. The lowest BCUT2D eigenvalue weighted by Crippen LogP contribution is -2.42. The lowest BCUT2D eigenvalue weighted by atomic mass is 9.81. The summed E-state index contributed by atoms with van der Waals surface area (Å²) in [4.78, 5) is 30.1. The van der Waals surface area contributed by atoms with Crippen molar-refractivity contribution in [1.29, 1.82) is 0 Å². The lowest BCUT2D eigenvalue weighted by Gasteiger charge is -2.35. The Morgan fingerprint density at radius 1 is 1.45 bits per heavy atom. The van der Waals surface area contributed by atoms with Crippen LogP contribution in [0.2, 0.25) is 0 Å². The summed E-state index contributed by atoms with van der Waals surface area (Å²) in [7, 11) is 0. The Hall–Kier alpha value is -2.29. The first kappa shape index (κ1) is 23.4. The molecule has 0 spiro atoms. The minimum absolute atomic E-state index is 0.142. The number of fused-ring (bicyclic) bond motifs is 1. The lowest BCUT2D eigenvalue weighted by molar-refractivity contribution is -0.108. The number of aliphatic imine (C=N–C) groups is 1. The van der Waals surface area contributed by atoms with E-state index in [0.717, 1.165) is 0 Å². The Morgan fingerprint density at radius 3 is 2.84 bits per heavy atom. The maximum atomic E-state index is 15.1. The fourth-order valence-electron chi connectivity index (χ4n) is 3.76. The molecule has 1 aromatic rings. The van der Waals surface area contributed by atoms with Gasteiger partial charge in [0, 0.05) is 23.8 Å². The highest BCUT2D eigenvalue weighted by molar-refractivity contribution is 8.13. The summed E-state index contributed by atoms with van der Waals surface area (Å²) in [5.41, 5.74) is -1.32. The minimum atomic E-state index is -1.03. The zero-order chi connectivity index (χ0) is 22.8. The Kier molecular flexibility index (Phi) is 6.83. The molecule has 0 bridgehead atoms. The summed E-state index contributed by atoms with van der Waals surface area (Å²) in [5.74, 6) is 0.884. The second-order valence-corrected chi connectivity index (χ2v) is 10.3. The fourth-order valence-corrected chi connectivity index (χ4v) is 4.86. The monoisotopic (exact) mass is 451 g/mol. The van der Waals surface area contributed by atoms with Gasteiger partial charge < -0.3 is 19.7 Å². The molecule has 2 heterocycles. The number of hydrogen-bond donors (Lipinski definition) is 1. The first-order chi connectivity index (χ1) is 14.5. The van der Waals surface area contributed by atoms with E-state index in [-0.39, 0.29) is 12.5 Å². The number of halogens is 1. The van der Waals surface area contributed by atoms with Crippen molar-refractivity contribution in [1.82, 2.24) is 10.2 Å². The second kappa shape index (κ2) is 9.06. The van der Waals surface area contributed by atoms with Crippen LogP contribution in [0, 0.1) is 17.7 Å². The molecule has 9 heteroatoms. The van der Waals surface area contributed by atoms with E-state index >= 15 is 4.39 Å². The standard InChI is InChI=1S/C22H30FN3O4S/c1-14(2)10-29-16-6-7-18(23)17(8-16)22-12-26(20(28)30-21(3,4)5)9-15(22)11-31-19(25-22)24-13-27/h6-8,13-15H,9-12H2,1-5H3,(H,24,25,27)/t15?,22-/m0/s1. The van der Waals surface area contributed by atoms with Gasteiger partial charge in [-0.25, -0.2) is 14.2 Å². The van der Waals surface area contributed by atoms with E-state index < -0.39 is 23.1 Å². The molecule has 0 saturated carbocycles. The van der Waals surface area contributed by atoms with Gasteiger partial charge in [0.25, 0.3) is 0 Å². The zero-order valence-corrected chi connectivity index (χ0v) is 19.4. The van der Waals surface area contributed by atoms with Crippen molar-refractivity contribution < 1.29 is 23.5 Å². The predicted molar refractivity (Wildman–Crippen MR) is 119 cm³/mol. The molecule has 0 radical (unpaired) electrons. The molecule has 1 unspecified atom stereocenters. The molecule has 1 aromatic carbocycles. The molecular formula is C22H30FN3O4S. The van der Waals surface area contributed by atoms with E-state index in [1.54, 1.807) is 37.8 Å². The number of carbonyl (C=O) groups is 2. The molecule has 2 atom stereocenters. The molecule has 1 saturated heterocycles. The number of benzene rings is 1. The molecule has 31 heavy (non-hydrogen) atoms. The van der Waals surface area contributed by atoms with Crippen LogP contribution in [0.3, 0.4) is 0 Å². The number of thioether (sulfide) groups is 1. The van der Waals surface area contributed by atoms with E-state index in [2.05, 4.69) is 5.32 Å². The summed E-state index contributed by atoms with van der Waals surface area (Å²) in [5, 5.41) is 3.00. The maximum Gasteiger partial charge on any atom is 0.410 e. The quantitative estimate of drug-likeness (QED) is 0.690. The summed E-state index contributed by atoms with van der Waals surface area (Å²) in [6.45, 7) is 10.5. The Morgan fingerprint density at radius 2 is 2.19 bits per heavy atom. The van der Waals surface area contributed by atoms with Gasteiger partial charge in [-0.2, -0.15) is 0 Å². The van der Waals surface area contributed by atoms with Crippen LogP contribution in [-0.2, 0) is 15.1 Å². The molecule has 3 rings (SSSR count). The van der Waals surface area contributed by atoms with Crippen molar-refractivity contribution in [2.75, 3.05) is 25.4 Å². The van der Waals surface area contributed by atoms with E-state index in [1.807, 2.05) is 13.8 Å². The number of amidine groups is 1. The Labute approximate surface area is 186 Å². The number of hydrogen-bond acceptors (Lipinski definition) is 6. The van der Waals surface area contributed by atoms with E-state index in [0.29, 0.717) is 47.7 Å². The first-order valence-corrected chi connectivity index (χ1v) is 11.4. The molecular weight excluding hydrogens is 421 g/mol. The van der Waals surface area contributed by atoms with E-state index in [4.69, 9.17) is 14.5 Å². The SMILES string of the molecule is CC(C)COc1ccc(F)c([C@]23CN(C(=O)OC(C)(C)C)CC2CSC(NC=O)=N3)c1. The van der Waals surface area contributed by atoms with Gasteiger partial charge in [-0.1, -0.05) is 25.6 Å². The summed E-state index contributed by atoms with van der Waals surface area (Å²) >= 11 is 1.38. The number of nitrogens with one attached hydrogen (secondary N) is 1. The van der Waals surface area contributed by atoms with Crippen LogP contribution in [-0.4, -0.2) is 53.6 Å². The Bertz CT molecular complexity index is 871.